The third-order valence-corrected chi connectivity index (χ3v) is 4.86. The number of aromatic nitrogens is 3. The maximum absolute atomic E-state index is 12.7. The number of anilines is 1. The number of hydrogen-bond acceptors (Lipinski definition) is 6. The van der Waals surface area contributed by atoms with Gasteiger partial charge in [-0.25, -0.2) is 0 Å². The molecular weight excluding hydrogens is 340 g/mol. The van der Waals surface area contributed by atoms with Gasteiger partial charge < -0.3 is 15.1 Å². The first-order valence-corrected chi connectivity index (χ1v) is 9.08. The zero-order valence-electron chi connectivity index (χ0n) is 15.3. The molecule has 1 aromatic carbocycles. The minimum absolute atomic E-state index is 0.229. The summed E-state index contributed by atoms with van der Waals surface area (Å²) in [6.07, 6.45) is 3.45. The van der Waals surface area contributed by atoms with Crippen LogP contribution in [0.2, 0.25) is 0 Å². The Morgan fingerprint density at radius 3 is 2.56 bits per heavy atom. The van der Waals surface area contributed by atoms with E-state index < -0.39 is 0 Å². The number of piperazine rings is 1. The minimum Gasteiger partial charge on any atom is -0.352 e. The molecule has 1 aliphatic heterocycles. The number of likely N-dealkylation sites (N-methyl/N-ethyl adjacent to an activating group) is 1. The van der Waals surface area contributed by atoms with Crippen LogP contribution >= 0.6 is 0 Å². The summed E-state index contributed by atoms with van der Waals surface area (Å²) in [6.45, 7) is 4.19. The van der Waals surface area contributed by atoms with Crippen molar-refractivity contribution in [2.45, 2.75) is 6.54 Å². The van der Waals surface area contributed by atoms with Gasteiger partial charge in [-0.15, -0.1) is 10.2 Å². The summed E-state index contributed by atoms with van der Waals surface area (Å²) < 4.78 is 0. The van der Waals surface area contributed by atoms with Gasteiger partial charge in [-0.2, -0.15) is 0 Å². The Hall–Kier alpha value is -3.06. The molecule has 1 amide bonds. The molecule has 1 N–H and O–H groups in total. The van der Waals surface area contributed by atoms with Crippen LogP contribution in [-0.4, -0.2) is 59.2 Å². The summed E-state index contributed by atoms with van der Waals surface area (Å²) in [5, 5.41) is 13.4. The summed E-state index contributed by atoms with van der Waals surface area (Å²) in [5.41, 5.74) is 1.30. The number of carbonyl (C=O) groups excluding carboxylic acids is 1. The summed E-state index contributed by atoms with van der Waals surface area (Å²) in [7, 11) is 2.12. The van der Waals surface area contributed by atoms with Crippen molar-refractivity contribution in [3.8, 4) is 0 Å². The fraction of sp³-hybridized carbons (Fsp3) is 0.300. The Kier molecular flexibility index (Phi) is 4.93. The van der Waals surface area contributed by atoms with Crippen LogP contribution in [0.3, 0.4) is 0 Å². The maximum atomic E-state index is 12.7. The van der Waals surface area contributed by atoms with E-state index in [0.717, 1.165) is 48.3 Å². The molecule has 0 bridgehead atoms. The van der Waals surface area contributed by atoms with Crippen molar-refractivity contribution in [3.63, 3.8) is 0 Å². The average molecular weight is 362 g/mol. The molecule has 3 heterocycles. The van der Waals surface area contributed by atoms with Crippen LogP contribution in [0.25, 0.3) is 10.8 Å². The highest BCUT2D eigenvalue weighted by atomic mass is 16.1. The van der Waals surface area contributed by atoms with Crippen molar-refractivity contribution in [1.82, 2.24) is 25.4 Å². The third kappa shape index (κ3) is 3.73. The van der Waals surface area contributed by atoms with Gasteiger partial charge >= 0.3 is 0 Å². The van der Waals surface area contributed by atoms with Gasteiger partial charge in [0.05, 0.1) is 0 Å². The van der Waals surface area contributed by atoms with Gasteiger partial charge in [-0.05, 0) is 18.7 Å². The molecule has 0 atom stereocenters. The highest BCUT2D eigenvalue weighted by Crippen LogP contribution is 2.26. The van der Waals surface area contributed by atoms with Crippen LogP contribution in [0.1, 0.15) is 16.1 Å². The number of amides is 1. The van der Waals surface area contributed by atoms with Gasteiger partial charge in [0, 0.05) is 55.9 Å². The van der Waals surface area contributed by atoms with Gasteiger partial charge in [0.2, 0.25) is 0 Å². The van der Waals surface area contributed by atoms with Crippen LogP contribution in [0.5, 0.6) is 0 Å². The Morgan fingerprint density at radius 1 is 1.04 bits per heavy atom. The van der Waals surface area contributed by atoms with Crippen molar-refractivity contribution in [1.29, 1.82) is 0 Å². The Labute approximate surface area is 158 Å². The number of benzene rings is 1. The molecular formula is C20H22N6O. The lowest BCUT2D eigenvalue weighted by atomic mass is 10.1. The van der Waals surface area contributed by atoms with Gasteiger partial charge in [-0.1, -0.05) is 30.3 Å². The SMILES string of the molecule is CN1CCN(c2nnc(C(=O)NCc3cccnc3)c3ccccc23)CC1. The van der Waals surface area contributed by atoms with Crippen LogP contribution in [-0.2, 0) is 6.54 Å². The average Bonchev–Trinajstić information content (AvgIpc) is 2.73. The topological polar surface area (TPSA) is 74.2 Å². The van der Waals surface area contributed by atoms with E-state index in [4.69, 9.17) is 0 Å². The second-order valence-corrected chi connectivity index (χ2v) is 6.75. The molecule has 3 aromatic rings. The molecule has 2 aromatic heterocycles. The molecule has 0 unspecified atom stereocenters. The lowest BCUT2D eigenvalue weighted by Gasteiger charge is -2.33. The number of hydrogen-bond donors (Lipinski definition) is 1. The molecule has 1 aliphatic rings. The van der Waals surface area contributed by atoms with E-state index in [1.165, 1.54) is 0 Å². The van der Waals surface area contributed by atoms with E-state index in [-0.39, 0.29) is 5.91 Å². The molecule has 1 fully saturated rings. The first-order valence-electron chi connectivity index (χ1n) is 9.08. The fourth-order valence-electron chi connectivity index (χ4n) is 3.28. The van der Waals surface area contributed by atoms with E-state index in [2.05, 4.69) is 37.3 Å². The van der Waals surface area contributed by atoms with E-state index >= 15 is 0 Å². The Balaban J connectivity index is 1.60. The normalized spacial score (nSPS) is 15.1. The van der Waals surface area contributed by atoms with Crippen LogP contribution in [0.4, 0.5) is 5.82 Å². The zero-order valence-corrected chi connectivity index (χ0v) is 15.3. The number of nitrogens with zero attached hydrogens (tertiary/aromatic N) is 5. The van der Waals surface area contributed by atoms with E-state index in [1.54, 1.807) is 12.4 Å². The number of carbonyl (C=O) groups is 1. The first-order chi connectivity index (χ1) is 13.2. The molecule has 0 saturated carbocycles. The van der Waals surface area contributed by atoms with Crippen molar-refractivity contribution in [3.05, 3.63) is 60.0 Å². The van der Waals surface area contributed by atoms with Crippen molar-refractivity contribution in [2.24, 2.45) is 0 Å². The summed E-state index contributed by atoms with van der Waals surface area (Å²) in [4.78, 5) is 21.3. The molecule has 4 rings (SSSR count). The second kappa shape index (κ2) is 7.67. The summed E-state index contributed by atoms with van der Waals surface area (Å²) in [6, 6.07) is 11.6. The number of nitrogens with one attached hydrogen (secondary N) is 1. The summed E-state index contributed by atoms with van der Waals surface area (Å²) >= 11 is 0. The first kappa shape index (κ1) is 17.4. The lowest BCUT2D eigenvalue weighted by Crippen LogP contribution is -2.45. The summed E-state index contributed by atoms with van der Waals surface area (Å²) in [5.74, 6) is 0.620. The standard InChI is InChI=1S/C20H22N6O/c1-25-9-11-26(12-10-25)19-17-7-3-2-6-16(17)18(23-24-19)20(27)22-14-15-5-4-8-21-13-15/h2-8,13H,9-12,14H2,1H3,(H,22,27). The Bertz CT molecular complexity index is 938. The van der Waals surface area contributed by atoms with Crippen LogP contribution < -0.4 is 10.2 Å². The predicted molar refractivity (Wildman–Crippen MR) is 105 cm³/mol. The van der Waals surface area contributed by atoms with Crippen molar-refractivity contribution >= 4 is 22.5 Å². The zero-order chi connectivity index (χ0) is 18.6. The molecule has 138 valence electrons. The van der Waals surface area contributed by atoms with Gasteiger partial charge in [0.25, 0.3) is 5.91 Å². The highest BCUT2D eigenvalue weighted by molar-refractivity contribution is 6.07. The highest BCUT2D eigenvalue weighted by Gasteiger charge is 2.21. The molecule has 0 radical (unpaired) electrons. The number of pyridine rings is 1. The molecule has 0 spiro atoms. The molecule has 1 saturated heterocycles. The largest absolute Gasteiger partial charge is 0.352 e. The molecule has 27 heavy (non-hydrogen) atoms. The van der Waals surface area contributed by atoms with Crippen molar-refractivity contribution in [2.75, 3.05) is 38.1 Å². The van der Waals surface area contributed by atoms with Crippen LogP contribution in [0, 0.1) is 0 Å². The van der Waals surface area contributed by atoms with Gasteiger partial charge in [-0.3, -0.25) is 9.78 Å². The van der Waals surface area contributed by atoms with E-state index in [9.17, 15) is 4.79 Å². The molecule has 7 heteroatoms. The fourth-order valence-corrected chi connectivity index (χ4v) is 3.28. The predicted octanol–water partition coefficient (Wildman–Crippen LogP) is 1.71. The Morgan fingerprint density at radius 2 is 1.81 bits per heavy atom. The lowest BCUT2D eigenvalue weighted by molar-refractivity contribution is 0.0947. The van der Waals surface area contributed by atoms with E-state index in [1.807, 2.05) is 36.4 Å². The number of fused-ring (bicyclic) bond motifs is 1. The molecule has 7 nitrogen and oxygen atoms in total. The second-order valence-electron chi connectivity index (χ2n) is 6.75. The maximum Gasteiger partial charge on any atom is 0.272 e. The quantitative estimate of drug-likeness (QED) is 0.762. The minimum atomic E-state index is -0.229. The molecule has 0 aliphatic carbocycles. The van der Waals surface area contributed by atoms with Gasteiger partial charge in [0.1, 0.15) is 0 Å². The smallest absolute Gasteiger partial charge is 0.272 e. The monoisotopic (exact) mass is 362 g/mol. The third-order valence-electron chi connectivity index (χ3n) is 4.86. The van der Waals surface area contributed by atoms with Crippen molar-refractivity contribution < 1.29 is 4.79 Å². The van der Waals surface area contributed by atoms with Gasteiger partial charge in [0.15, 0.2) is 11.5 Å². The van der Waals surface area contributed by atoms with E-state index in [0.29, 0.717) is 12.2 Å². The van der Waals surface area contributed by atoms with Crippen LogP contribution in [0.15, 0.2) is 48.8 Å². The number of rotatable bonds is 4.